The molecule has 1 atom stereocenters. The van der Waals surface area contributed by atoms with Crippen molar-refractivity contribution in [2.45, 2.75) is 26.3 Å². The summed E-state index contributed by atoms with van der Waals surface area (Å²) in [6, 6.07) is 14.1. The number of hydrogen-bond acceptors (Lipinski definition) is 6. The van der Waals surface area contributed by atoms with Crippen LogP contribution in [0.4, 0.5) is 4.79 Å². The minimum absolute atomic E-state index is 0.199. The van der Waals surface area contributed by atoms with E-state index in [0.29, 0.717) is 48.7 Å². The van der Waals surface area contributed by atoms with Crippen LogP contribution in [-0.2, 0) is 4.74 Å². The summed E-state index contributed by atoms with van der Waals surface area (Å²) >= 11 is 6.25. The Morgan fingerprint density at radius 1 is 1.21 bits per heavy atom. The molecule has 2 amide bonds. The second kappa shape index (κ2) is 10.7. The van der Waals surface area contributed by atoms with Gasteiger partial charge in [0.2, 0.25) is 5.82 Å². The fourth-order valence-corrected chi connectivity index (χ4v) is 4.14. The topological polar surface area (TPSA) is 89.7 Å². The lowest BCUT2D eigenvalue weighted by molar-refractivity contribution is 0.136. The van der Waals surface area contributed by atoms with Gasteiger partial charge in [-0.25, -0.2) is 4.79 Å². The number of amides is 2. The quantitative estimate of drug-likeness (QED) is 0.415. The number of carbonyl (C=O) groups is 1. The summed E-state index contributed by atoms with van der Waals surface area (Å²) in [5.74, 6) is 1.45. The van der Waals surface area contributed by atoms with Crippen molar-refractivity contribution in [3.63, 3.8) is 0 Å². The zero-order valence-electron chi connectivity index (χ0n) is 19.4. The third-order valence-corrected chi connectivity index (χ3v) is 5.87. The monoisotopic (exact) mass is 482 g/mol. The molecule has 34 heavy (non-hydrogen) atoms. The van der Waals surface area contributed by atoms with Gasteiger partial charge in [0.25, 0.3) is 5.89 Å². The number of methoxy groups -OCH3 is 1. The van der Waals surface area contributed by atoms with Crippen LogP contribution >= 0.6 is 11.6 Å². The van der Waals surface area contributed by atoms with Gasteiger partial charge in [-0.2, -0.15) is 4.98 Å². The maximum atomic E-state index is 13.0. The molecule has 8 nitrogen and oxygen atoms in total. The molecule has 1 aliphatic rings. The Labute approximate surface area is 203 Å². The van der Waals surface area contributed by atoms with Crippen LogP contribution in [0.25, 0.3) is 17.0 Å². The standard InChI is InChI=1S/C25H27ClN4O4/c1-4-33-13-7-12-30-16(2)21(22(27-25(30)31)17-8-5-10-19(26)14-17)24-28-23(29-34-24)18-9-6-11-20(15-18)32-3/h5-6,8-11,14-15,22H,4,7,12-13H2,1-3H3,(H,27,31). The van der Waals surface area contributed by atoms with E-state index in [1.165, 1.54) is 0 Å². The van der Waals surface area contributed by atoms with E-state index in [1.807, 2.05) is 56.3 Å². The van der Waals surface area contributed by atoms with Gasteiger partial charge in [0, 0.05) is 36.0 Å². The first-order valence-corrected chi connectivity index (χ1v) is 11.5. The summed E-state index contributed by atoms with van der Waals surface area (Å²) in [5.41, 5.74) is 3.05. The van der Waals surface area contributed by atoms with E-state index in [-0.39, 0.29) is 6.03 Å². The highest BCUT2D eigenvalue weighted by Gasteiger charge is 2.35. The number of aromatic nitrogens is 2. The van der Waals surface area contributed by atoms with Crippen LogP contribution in [0.3, 0.4) is 0 Å². The zero-order valence-corrected chi connectivity index (χ0v) is 20.1. The molecule has 1 aliphatic heterocycles. The lowest BCUT2D eigenvalue weighted by Gasteiger charge is -2.35. The first-order chi connectivity index (χ1) is 16.5. The van der Waals surface area contributed by atoms with Crippen molar-refractivity contribution >= 4 is 23.2 Å². The van der Waals surface area contributed by atoms with E-state index >= 15 is 0 Å². The molecule has 2 heterocycles. The number of urea groups is 1. The average molecular weight is 483 g/mol. The van der Waals surface area contributed by atoms with E-state index in [1.54, 1.807) is 18.1 Å². The van der Waals surface area contributed by atoms with Crippen molar-refractivity contribution in [2.75, 3.05) is 26.9 Å². The van der Waals surface area contributed by atoms with Gasteiger partial charge in [0.1, 0.15) is 5.75 Å². The number of halogens is 1. The molecule has 9 heteroatoms. The zero-order chi connectivity index (χ0) is 24.1. The van der Waals surface area contributed by atoms with E-state index in [0.717, 1.165) is 22.4 Å². The molecule has 178 valence electrons. The normalized spacial score (nSPS) is 16.1. The number of allylic oxidation sites excluding steroid dienone is 1. The summed E-state index contributed by atoms with van der Waals surface area (Å²) in [6.07, 6.45) is 0.701. The highest BCUT2D eigenvalue weighted by molar-refractivity contribution is 6.30. The molecule has 1 unspecified atom stereocenters. The molecule has 4 rings (SSSR count). The van der Waals surface area contributed by atoms with Crippen LogP contribution in [0, 0.1) is 0 Å². The first kappa shape index (κ1) is 23.8. The molecule has 0 saturated carbocycles. The third-order valence-electron chi connectivity index (χ3n) is 5.64. The molecule has 3 aromatic rings. The second-order valence-corrected chi connectivity index (χ2v) is 8.23. The minimum atomic E-state index is -0.493. The van der Waals surface area contributed by atoms with E-state index in [2.05, 4.69) is 15.5 Å². The molecule has 0 saturated heterocycles. The molecule has 0 aliphatic carbocycles. The fourth-order valence-electron chi connectivity index (χ4n) is 3.95. The number of ether oxygens (including phenoxy) is 2. The Morgan fingerprint density at radius 3 is 2.79 bits per heavy atom. The van der Waals surface area contributed by atoms with Gasteiger partial charge in [-0.1, -0.05) is 41.0 Å². The van der Waals surface area contributed by atoms with Crippen LogP contribution in [0.5, 0.6) is 5.75 Å². The fraction of sp³-hybridized carbons (Fsp3) is 0.320. The molecule has 1 N–H and O–H groups in total. The van der Waals surface area contributed by atoms with Crippen molar-refractivity contribution < 1.29 is 18.8 Å². The van der Waals surface area contributed by atoms with E-state index in [4.69, 9.17) is 25.6 Å². The summed E-state index contributed by atoms with van der Waals surface area (Å²) < 4.78 is 16.5. The third kappa shape index (κ3) is 5.08. The van der Waals surface area contributed by atoms with Crippen LogP contribution < -0.4 is 10.1 Å². The van der Waals surface area contributed by atoms with Crippen molar-refractivity contribution in [1.29, 1.82) is 0 Å². The van der Waals surface area contributed by atoms with Gasteiger partial charge in [-0.3, -0.25) is 4.90 Å². The van der Waals surface area contributed by atoms with Gasteiger partial charge in [-0.15, -0.1) is 0 Å². The number of benzene rings is 2. The summed E-state index contributed by atoms with van der Waals surface area (Å²) in [5, 5.41) is 7.85. The molecule has 0 radical (unpaired) electrons. The highest BCUT2D eigenvalue weighted by Crippen LogP contribution is 2.38. The first-order valence-electron chi connectivity index (χ1n) is 11.1. The highest BCUT2D eigenvalue weighted by atomic mass is 35.5. The number of nitrogens with zero attached hydrogens (tertiary/aromatic N) is 3. The predicted molar refractivity (Wildman–Crippen MR) is 129 cm³/mol. The predicted octanol–water partition coefficient (Wildman–Crippen LogP) is 5.32. The second-order valence-electron chi connectivity index (χ2n) is 7.79. The van der Waals surface area contributed by atoms with Crippen molar-refractivity contribution in [3.8, 4) is 17.1 Å². The Hall–Kier alpha value is -3.36. The van der Waals surface area contributed by atoms with Crippen molar-refractivity contribution in [2.24, 2.45) is 0 Å². The Kier molecular flexibility index (Phi) is 7.49. The van der Waals surface area contributed by atoms with Gasteiger partial charge >= 0.3 is 6.03 Å². The SMILES string of the molecule is CCOCCCN1C(=O)NC(c2cccc(Cl)c2)C(c2nc(-c3cccc(OC)c3)no2)=C1C. The number of hydrogen-bond donors (Lipinski definition) is 1. The Morgan fingerprint density at radius 2 is 2.03 bits per heavy atom. The number of carbonyl (C=O) groups excluding carboxylic acids is 1. The average Bonchev–Trinajstić information content (AvgIpc) is 3.33. The van der Waals surface area contributed by atoms with E-state index < -0.39 is 6.04 Å². The van der Waals surface area contributed by atoms with Gasteiger partial charge < -0.3 is 19.3 Å². The maximum Gasteiger partial charge on any atom is 0.322 e. The van der Waals surface area contributed by atoms with Crippen LogP contribution in [0.2, 0.25) is 5.02 Å². The lowest BCUT2D eigenvalue weighted by atomic mass is 9.94. The van der Waals surface area contributed by atoms with E-state index in [9.17, 15) is 4.79 Å². The lowest BCUT2D eigenvalue weighted by Crippen LogP contribution is -2.46. The largest absolute Gasteiger partial charge is 0.497 e. The van der Waals surface area contributed by atoms with Crippen LogP contribution in [0.1, 0.15) is 37.8 Å². The Bertz CT molecular complexity index is 1190. The maximum absolute atomic E-state index is 13.0. The van der Waals surface area contributed by atoms with Gasteiger partial charge in [0.05, 0.1) is 18.7 Å². The summed E-state index contributed by atoms with van der Waals surface area (Å²) in [4.78, 5) is 19.4. The molecular weight excluding hydrogens is 456 g/mol. The number of rotatable bonds is 9. The van der Waals surface area contributed by atoms with Gasteiger partial charge in [-0.05, 0) is 50.1 Å². The molecule has 0 bridgehead atoms. The van der Waals surface area contributed by atoms with Gasteiger partial charge in [0.15, 0.2) is 0 Å². The van der Waals surface area contributed by atoms with Crippen molar-refractivity contribution in [3.05, 3.63) is 70.7 Å². The Balaban J connectivity index is 1.74. The van der Waals surface area contributed by atoms with Crippen LogP contribution in [-0.4, -0.2) is 47.9 Å². The van der Waals surface area contributed by atoms with Crippen LogP contribution in [0.15, 0.2) is 58.8 Å². The molecule has 0 spiro atoms. The molecular formula is C25H27ClN4O4. The molecule has 2 aromatic carbocycles. The van der Waals surface area contributed by atoms with Crippen molar-refractivity contribution in [1.82, 2.24) is 20.4 Å². The summed E-state index contributed by atoms with van der Waals surface area (Å²) in [6.45, 7) is 5.54. The summed E-state index contributed by atoms with van der Waals surface area (Å²) in [7, 11) is 1.61. The molecule has 0 fully saturated rings. The molecule has 1 aromatic heterocycles. The minimum Gasteiger partial charge on any atom is -0.497 e. The smallest absolute Gasteiger partial charge is 0.322 e. The number of nitrogens with one attached hydrogen (secondary N) is 1.